The Labute approximate surface area is 129 Å². The lowest BCUT2D eigenvalue weighted by molar-refractivity contribution is -0.114. The van der Waals surface area contributed by atoms with Crippen molar-refractivity contribution in [3.05, 3.63) is 34.9 Å². The van der Waals surface area contributed by atoms with E-state index >= 15 is 0 Å². The van der Waals surface area contributed by atoms with Crippen LogP contribution >= 0.6 is 11.6 Å². The van der Waals surface area contributed by atoms with Gasteiger partial charge in [-0.1, -0.05) is 11.6 Å². The van der Waals surface area contributed by atoms with Crippen LogP contribution in [0, 0.1) is 22.2 Å². The predicted molar refractivity (Wildman–Crippen MR) is 77.2 cm³/mol. The molecule has 5 nitrogen and oxygen atoms in total. The van der Waals surface area contributed by atoms with Crippen LogP contribution in [0.4, 0.5) is 0 Å². The Bertz CT molecular complexity index is 648. The number of aldehydes is 1. The van der Waals surface area contributed by atoms with Gasteiger partial charge in [0.05, 0.1) is 17.2 Å². The number of Topliss-reactive ketones (excluding diaryl/α,β-unsaturated/α-hetero) is 1. The van der Waals surface area contributed by atoms with Gasteiger partial charge < -0.3 is 9.35 Å². The summed E-state index contributed by atoms with van der Waals surface area (Å²) in [7, 11) is 0. The third-order valence-corrected chi connectivity index (χ3v) is 4.82. The van der Waals surface area contributed by atoms with Gasteiger partial charge in [-0.05, 0) is 37.1 Å². The van der Waals surface area contributed by atoms with Gasteiger partial charge in [0.1, 0.15) is 11.7 Å². The summed E-state index contributed by atoms with van der Waals surface area (Å²) in [5, 5.41) is 9.94. The number of carbonyl (C=O) groups excluding carboxylic acids is 2. The minimum absolute atomic E-state index is 0.194. The molecule has 0 bridgehead atoms. The number of hydrogen-bond donors (Lipinski definition) is 1. The minimum atomic E-state index is -2.37. The Balaban J connectivity index is 2.52. The molecule has 0 aromatic heterocycles. The summed E-state index contributed by atoms with van der Waals surface area (Å²) in [5.74, 6) is -1.20. The van der Waals surface area contributed by atoms with Crippen molar-refractivity contribution in [3.63, 3.8) is 0 Å². The predicted octanol–water partition coefficient (Wildman–Crippen LogP) is 2.23. The van der Waals surface area contributed by atoms with E-state index in [4.69, 9.17) is 11.6 Å². The van der Waals surface area contributed by atoms with Crippen LogP contribution in [0.1, 0.15) is 23.2 Å². The average Bonchev–Trinajstić information content (AvgIpc) is 3.26. The molecule has 0 heterocycles. The second-order valence-corrected chi connectivity index (χ2v) is 6.46. The summed E-state index contributed by atoms with van der Waals surface area (Å²) < 4.78 is 20.4. The van der Waals surface area contributed by atoms with E-state index < -0.39 is 33.4 Å². The smallest absolute Gasteiger partial charge is 0.185 e. The Hall–Kier alpha value is -1.55. The van der Waals surface area contributed by atoms with E-state index in [0.717, 1.165) is 0 Å². The summed E-state index contributed by atoms with van der Waals surface area (Å²) in [6.07, 6.45) is 1.29. The Morgan fingerprint density at radius 3 is 2.43 bits per heavy atom. The summed E-state index contributed by atoms with van der Waals surface area (Å²) in [4.78, 5) is 24.1. The van der Waals surface area contributed by atoms with Gasteiger partial charge in [-0.25, -0.2) is 4.21 Å². The third kappa shape index (κ3) is 2.64. The van der Waals surface area contributed by atoms with Gasteiger partial charge in [-0.3, -0.25) is 4.79 Å². The first-order valence-electron chi connectivity index (χ1n) is 6.16. The van der Waals surface area contributed by atoms with Gasteiger partial charge in [0, 0.05) is 10.6 Å². The van der Waals surface area contributed by atoms with Crippen molar-refractivity contribution in [1.29, 1.82) is 5.26 Å². The topological polar surface area (TPSA) is 95.2 Å². The largest absolute Gasteiger partial charge is 0.306 e. The Morgan fingerprint density at radius 1 is 1.48 bits per heavy atom. The second-order valence-electron chi connectivity index (χ2n) is 5.09. The zero-order valence-electron chi connectivity index (χ0n) is 10.9. The van der Waals surface area contributed by atoms with Gasteiger partial charge in [-0.15, -0.1) is 0 Å². The molecule has 0 spiro atoms. The fourth-order valence-corrected chi connectivity index (χ4v) is 3.42. The number of benzene rings is 1. The number of hydrogen-bond acceptors (Lipinski definition) is 4. The van der Waals surface area contributed by atoms with Crippen LogP contribution in [0.5, 0.6) is 0 Å². The maximum atomic E-state index is 12.7. The average molecular weight is 326 g/mol. The molecule has 1 fully saturated rings. The molecule has 1 aliphatic carbocycles. The molecule has 21 heavy (non-hydrogen) atoms. The van der Waals surface area contributed by atoms with Crippen molar-refractivity contribution in [2.75, 3.05) is 5.75 Å². The van der Waals surface area contributed by atoms with Crippen molar-refractivity contribution in [3.8, 4) is 6.07 Å². The fraction of sp³-hybridized carbons (Fsp3) is 0.357. The van der Waals surface area contributed by atoms with E-state index in [0.29, 0.717) is 24.2 Å². The highest BCUT2D eigenvalue weighted by Crippen LogP contribution is 2.58. The van der Waals surface area contributed by atoms with Crippen LogP contribution in [0.25, 0.3) is 0 Å². The molecular formula is C14H12ClNO4S. The molecule has 2 unspecified atom stereocenters. The van der Waals surface area contributed by atoms with Gasteiger partial charge >= 0.3 is 0 Å². The molecular weight excluding hydrogens is 314 g/mol. The van der Waals surface area contributed by atoms with Crippen molar-refractivity contribution in [1.82, 2.24) is 0 Å². The van der Waals surface area contributed by atoms with E-state index in [2.05, 4.69) is 0 Å². The quantitative estimate of drug-likeness (QED) is 0.491. The number of rotatable bonds is 6. The summed E-state index contributed by atoms with van der Waals surface area (Å²) in [6, 6.07) is 7.72. The molecule has 0 saturated heterocycles. The third-order valence-electron chi connectivity index (χ3n) is 3.89. The lowest BCUT2D eigenvalue weighted by Gasteiger charge is -2.29. The highest BCUT2D eigenvalue weighted by molar-refractivity contribution is 7.79. The first-order valence-corrected chi connectivity index (χ1v) is 7.81. The monoisotopic (exact) mass is 325 g/mol. The standard InChI is InChI=1S/C14H12ClNO4S/c15-11-3-1-10(2-4-11)12(18)14(7-16,9-21(19)20)13(8-17)5-6-13/h1-4,8H,5-6,9H2,(H,19,20). The molecule has 2 atom stereocenters. The van der Waals surface area contributed by atoms with Crippen LogP contribution in [0.15, 0.2) is 24.3 Å². The Morgan fingerprint density at radius 2 is 2.05 bits per heavy atom. The number of halogens is 1. The zero-order valence-corrected chi connectivity index (χ0v) is 12.5. The van der Waals surface area contributed by atoms with Crippen LogP contribution < -0.4 is 0 Å². The minimum Gasteiger partial charge on any atom is -0.306 e. The summed E-state index contributed by atoms with van der Waals surface area (Å²) in [5.41, 5.74) is -2.79. The molecule has 1 aliphatic rings. The van der Waals surface area contributed by atoms with E-state index in [-0.39, 0.29) is 5.56 Å². The Kier molecular flexibility index (Phi) is 4.28. The van der Waals surface area contributed by atoms with Crippen LogP contribution in [0.2, 0.25) is 5.02 Å². The zero-order chi connectivity index (χ0) is 15.7. The molecule has 1 saturated carbocycles. The molecule has 1 N–H and O–H groups in total. The number of ketones is 1. The molecule has 1 aromatic rings. The first-order chi connectivity index (χ1) is 9.90. The van der Waals surface area contributed by atoms with Gasteiger partial charge in [0.25, 0.3) is 0 Å². The molecule has 0 amide bonds. The van der Waals surface area contributed by atoms with Crippen LogP contribution in [-0.2, 0) is 15.9 Å². The van der Waals surface area contributed by atoms with Crippen LogP contribution in [0.3, 0.4) is 0 Å². The van der Waals surface area contributed by atoms with Crippen molar-refractivity contribution >= 4 is 34.8 Å². The van der Waals surface area contributed by atoms with E-state index in [9.17, 15) is 23.6 Å². The molecule has 2 rings (SSSR count). The lowest BCUT2D eigenvalue weighted by Crippen LogP contribution is -2.44. The summed E-state index contributed by atoms with van der Waals surface area (Å²) >= 11 is 3.39. The van der Waals surface area contributed by atoms with E-state index in [1.807, 2.05) is 6.07 Å². The molecule has 110 valence electrons. The van der Waals surface area contributed by atoms with Gasteiger partial charge in [0.2, 0.25) is 0 Å². The van der Waals surface area contributed by atoms with Crippen molar-refractivity contribution < 1.29 is 18.4 Å². The van der Waals surface area contributed by atoms with Crippen molar-refractivity contribution in [2.45, 2.75) is 12.8 Å². The van der Waals surface area contributed by atoms with Crippen molar-refractivity contribution in [2.24, 2.45) is 10.8 Å². The number of carbonyl (C=O) groups is 2. The van der Waals surface area contributed by atoms with E-state index in [1.54, 1.807) is 0 Å². The SMILES string of the molecule is N#CC(CS(=O)O)(C(=O)c1ccc(Cl)cc1)C1(C=O)CC1. The highest BCUT2D eigenvalue weighted by atomic mass is 35.5. The highest BCUT2D eigenvalue weighted by Gasteiger charge is 2.64. The van der Waals surface area contributed by atoms with E-state index in [1.165, 1.54) is 24.3 Å². The number of nitriles is 1. The van der Waals surface area contributed by atoms with Gasteiger partial charge in [-0.2, -0.15) is 5.26 Å². The molecule has 7 heteroatoms. The molecule has 0 radical (unpaired) electrons. The van der Waals surface area contributed by atoms with Gasteiger partial charge in [0.15, 0.2) is 16.9 Å². The summed E-state index contributed by atoms with van der Waals surface area (Å²) in [6.45, 7) is 0. The molecule has 0 aliphatic heterocycles. The fourth-order valence-electron chi connectivity index (χ4n) is 2.44. The maximum absolute atomic E-state index is 12.7. The lowest BCUT2D eigenvalue weighted by atomic mass is 9.70. The second kappa shape index (κ2) is 5.68. The normalized spacial score (nSPS) is 19.9. The molecule has 1 aromatic carbocycles. The maximum Gasteiger partial charge on any atom is 0.185 e. The van der Waals surface area contributed by atoms with Crippen LogP contribution in [-0.4, -0.2) is 26.6 Å². The number of nitrogens with zero attached hydrogens (tertiary/aromatic N) is 1. The first kappa shape index (κ1) is 15.8.